The first-order chi connectivity index (χ1) is 19.3. The summed E-state index contributed by atoms with van der Waals surface area (Å²) < 4.78 is 2.00. The molecule has 1 amide bonds. The van der Waals surface area contributed by atoms with Gasteiger partial charge in [0.2, 0.25) is 5.91 Å². The Kier molecular flexibility index (Phi) is 8.09. The molecule has 3 N–H and O–H groups in total. The number of para-hydroxylation sites is 1. The highest BCUT2D eigenvalue weighted by atomic mass is 35.5. The van der Waals surface area contributed by atoms with Crippen LogP contribution in [0, 0.1) is 13.8 Å². The number of anilines is 1. The molecule has 0 unspecified atom stereocenters. The first kappa shape index (κ1) is 27.7. The number of carbonyl (C=O) groups excluding carboxylic acids is 1. The summed E-state index contributed by atoms with van der Waals surface area (Å²) in [5.74, 6) is 0.0676. The monoisotopic (exact) mass is 573 g/mol. The van der Waals surface area contributed by atoms with Gasteiger partial charge in [-0.25, -0.2) is 0 Å². The molecule has 1 fully saturated rings. The lowest BCUT2D eigenvalue weighted by Crippen LogP contribution is -2.33. The van der Waals surface area contributed by atoms with Crippen LogP contribution in [0.25, 0.3) is 5.69 Å². The first-order valence-corrected chi connectivity index (χ1v) is 14.1. The standard InChI is InChI=1S/C31H32ClN5O2S/c1-4-21-9-5-6-10-24(21)34-28(39)14-16-36-30(29(35-31(36)40)25-11-7-8-15-33-25)23-17-19(2)37(20(23)3)26-18-22(32)12-13-27(26)38/h5-13,15,17-18,29-30,38H,4,14,16H2,1-3H3,(H,34,39)(H,35,40)/t29-,30+/m0/s1. The number of halogens is 1. The summed E-state index contributed by atoms with van der Waals surface area (Å²) in [4.78, 5) is 19.8. The Bertz CT molecular complexity index is 1550. The Labute approximate surface area is 244 Å². The van der Waals surface area contributed by atoms with Gasteiger partial charge in [-0.05, 0) is 86.1 Å². The normalized spacial score (nSPS) is 16.7. The van der Waals surface area contributed by atoms with Gasteiger partial charge in [0, 0.05) is 41.3 Å². The maximum Gasteiger partial charge on any atom is 0.226 e. The molecular formula is C31H32ClN5O2S. The number of aromatic hydroxyl groups is 1. The number of nitrogens with one attached hydrogen (secondary N) is 2. The average molecular weight is 574 g/mol. The van der Waals surface area contributed by atoms with Crippen molar-refractivity contribution in [3.05, 3.63) is 106 Å². The summed E-state index contributed by atoms with van der Waals surface area (Å²) in [5.41, 5.74) is 6.31. The van der Waals surface area contributed by atoms with E-state index >= 15 is 0 Å². The second-order valence-corrected chi connectivity index (χ2v) is 10.7. The second-order valence-electron chi connectivity index (χ2n) is 9.92. The largest absolute Gasteiger partial charge is 0.506 e. The number of aryl methyl sites for hydroxylation is 2. The molecule has 0 aliphatic carbocycles. The Morgan fingerprint density at radius 2 is 1.90 bits per heavy atom. The lowest BCUT2D eigenvalue weighted by molar-refractivity contribution is -0.116. The van der Waals surface area contributed by atoms with Crippen LogP contribution in [0.2, 0.25) is 5.02 Å². The third-order valence-corrected chi connectivity index (χ3v) is 8.00. The van der Waals surface area contributed by atoms with Crippen molar-refractivity contribution in [1.82, 2.24) is 19.8 Å². The van der Waals surface area contributed by atoms with E-state index in [2.05, 4.69) is 33.5 Å². The molecule has 2 aromatic heterocycles. The van der Waals surface area contributed by atoms with Crippen LogP contribution >= 0.6 is 23.8 Å². The van der Waals surface area contributed by atoms with Crippen molar-refractivity contribution in [2.45, 2.75) is 45.7 Å². The molecule has 0 bridgehead atoms. The van der Waals surface area contributed by atoms with Crippen LogP contribution in [-0.4, -0.2) is 37.1 Å². The summed E-state index contributed by atoms with van der Waals surface area (Å²) in [6.07, 6.45) is 2.87. The van der Waals surface area contributed by atoms with E-state index in [0.717, 1.165) is 40.3 Å². The fourth-order valence-corrected chi connectivity index (χ4v) is 6.00. The third-order valence-electron chi connectivity index (χ3n) is 7.42. The van der Waals surface area contributed by atoms with E-state index in [9.17, 15) is 9.90 Å². The van der Waals surface area contributed by atoms with E-state index in [1.54, 1.807) is 24.4 Å². The van der Waals surface area contributed by atoms with Gasteiger partial charge in [0.05, 0.1) is 23.5 Å². The van der Waals surface area contributed by atoms with E-state index in [-0.39, 0.29) is 30.2 Å². The zero-order chi connectivity index (χ0) is 28.4. The Morgan fingerprint density at radius 1 is 1.12 bits per heavy atom. The maximum atomic E-state index is 13.1. The molecule has 1 aliphatic rings. The smallest absolute Gasteiger partial charge is 0.226 e. The molecule has 0 radical (unpaired) electrons. The molecule has 7 nitrogen and oxygen atoms in total. The van der Waals surface area contributed by atoms with Gasteiger partial charge in [0.1, 0.15) is 5.75 Å². The van der Waals surface area contributed by atoms with Crippen molar-refractivity contribution in [3.63, 3.8) is 0 Å². The molecule has 1 saturated heterocycles. The lowest BCUT2D eigenvalue weighted by Gasteiger charge is -2.28. The van der Waals surface area contributed by atoms with Crippen molar-refractivity contribution in [2.75, 3.05) is 11.9 Å². The minimum atomic E-state index is -0.223. The van der Waals surface area contributed by atoms with Gasteiger partial charge < -0.3 is 25.2 Å². The molecule has 2 atom stereocenters. The van der Waals surface area contributed by atoms with Crippen molar-refractivity contribution in [3.8, 4) is 11.4 Å². The van der Waals surface area contributed by atoms with Crippen molar-refractivity contribution < 1.29 is 9.90 Å². The average Bonchev–Trinajstić information content (AvgIpc) is 3.43. The summed E-state index contributed by atoms with van der Waals surface area (Å²) in [6.45, 7) is 6.51. The van der Waals surface area contributed by atoms with Crippen LogP contribution in [0.15, 0.2) is 72.9 Å². The van der Waals surface area contributed by atoms with E-state index in [1.807, 2.05) is 60.9 Å². The highest BCUT2D eigenvalue weighted by Gasteiger charge is 2.41. The maximum absolute atomic E-state index is 13.1. The fourth-order valence-electron chi connectivity index (χ4n) is 5.50. The predicted molar refractivity (Wildman–Crippen MR) is 163 cm³/mol. The number of rotatable bonds is 8. The van der Waals surface area contributed by atoms with Crippen LogP contribution in [0.5, 0.6) is 5.75 Å². The summed E-state index contributed by atoms with van der Waals surface area (Å²) >= 11 is 12.1. The number of phenols is 1. The van der Waals surface area contributed by atoms with Crippen LogP contribution < -0.4 is 10.6 Å². The molecule has 1 aliphatic heterocycles. The topological polar surface area (TPSA) is 82.4 Å². The van der Waals surface area contributed by atoms with E-state index in [1.165, 1.54) is 0 Å². The number of thiocarbonyl (C=S) groups is 1. The first-order valence-electron chi connectivity index (χ1n) is 13.3. The second kappa shape index (κ2) is 11.7. The molecule has 4 aromatic rings. The van der Waals surface area contributed by atoms with Gasteiger partial charge in [-0.1, -0.05) is 42.8 Å². The minimum Gasteiger partial charge on any atom is -0.506 e. The van der Waals surface area contributed by atoms with E-state index in [0.29, 0.717) is 22.4 Å². The lowest BCUT2D eigenvalue weighted by atomic mass is 9.96. The number of phenolic OH excluding ortho intramolecular Hbond substituents is 1. The zero-order valence-corrected chi connectivity index (χ0v) is 24.3. The highest BCUT2D eigenvalue weighted by molar-refractivity contribution is 7.80. The van der Waals surface area contributed by atoms with Crippen molar-refractivity contribution in [1.29, 1.82) is 0 Å². The van der Waals surface area contributed by atoms with Gasteiger partial charge in [0.15, 0.2) is 5.11 Å². The van der Waals surface area contributed by atoms with Crippen LogP contribution in [0.4, 0.5) is 5.69 Å². The predicted octanol–water partition coefficient (Wildman–Crippen LogP) is 6.41. The van der Waals surface area contributed by atoms with Gasteiger partial charge in [-0.2, -0.15) is 0 Å². The molecule has 0 saturated carbocycles. The highest BCUT2D eigenvalue weighted by Crippen LogP contribution is 2.42. The molecular weight excluding hydrogens is 542 g/mol. The number of pyridine rings is 1. The van der Waals surface area contributed by atoms with Gasteiger partial charge in [-0.15, -0.1) is 0 Å². The Balaban J connectivity index is 1.49. The van der Waals surface area contributed by atoms with E-state index < -0.39 is 0 Å². The molecule has 2 aromatic carbocycles. The molecule has 40 heavy (non-hydrogen) atoms. The summed E-state index contributed by atoms with van der Waals surface area (Å²) in [6, 6.07) is 20.4. The fraction of sp³-hybridized carbons (Fsp3) is 0.258. The molecule has 0 spiro atoms. The molecule has 5 rings (SSSR count). The van der Waals surface area contributed by atoms with Crippen LogP contribution in [-0.2, 0) is 11.2 Å². The molecule has 3 heterocycles. The number of hydrogen-bond donors (Lipinski definition) is 3. The minimum absolute atomic E-state index is 0.0712. The van der Waals surface area contributed by atoms with Crippen molar-refractivity contribution in [2.24, 2.45) is 0 Å². The Hall–Kier alpha value is -3.88. The SMILES string of the molecule is CCc1ccccc1NC(=O)CCN1C(=S)N[C@@H](c2ccccn2)[C@H]1c1cc(C)n(-c2cc(Cl)ccc2O)c1C. The van der Waals surface area contributed by atoms with Crippen LogP contribution in [0.1, 0.15) is 53.6 Å². The number of hydrogen-bond acceptors (Lipinski definition) is 4. The number of nitrogens with zero attached hydrogens (tertiary/aromatic N) is 3. The van der Waals surface area contributed by atoms with Crippen LogP contribution in [0.3, 0.4) is 0 Å². The molecule has 9 heteroatoms. The van der Waals surface area contributed by atoms with Crippen molar-refractivity contribution >= 4 is 40.5 Å². The molecule has 206 valence electrons. The van der Waals surface area contributed by atoms with Gasteiger partial charge >= 0.3 is 0 Å². The summed E-state index contributed by atoms with van der Waals surface area (Å²) in [5, 5.41) is 18.3. The number of benzene rings is 2. The summed E-state index contributed by atoms with van der Waals surface area (Å²) in [7, 11) is 0. The third kappa shape index (κ3) is 5.42. The number of amides is 1. The number of carbonyl (C=O) groups is 1. The van der Waals surface area contributed by atoms with Gasteiger partial charge in [-0.3, -0.25) is 9.78 Å². The zero-order valence-electron chi connectivity index (χ0n) is 22.7. The van der Waals surface area contributed by atoms with Gasteiger partial charge in [0.25, 0.3) is 0 Å². The van der Waals surface area contributed by atoms with E-state index in [4.69, 9.17) is 23.8 Å². The Morgan fingerprint density at radius 3 is 2.65 bits per heavy atom. The number of aromatic nitrogens is 2. The quantitative estimate of drug-likeness (QED) is 0.211.